The number of rotatable bonds is 7. The van der Waals surface area contributed by atoms with Crippen molar-refractivity contribution in [2.24, 2.45) is 7.05 Å². The fourth-order valence-electron chi connectivity index (χ4n) is 2.77. The largest absolute Gasteiger partial charge is 0.496 e. The fourth-order valence-corrected chi connectivity index (χ4v) is 3.04. The highest BCUT2D eigenvalue weighted by Gasteiger charge is 2.12. The van der Waals surface area contributed by atoms with Gasteiger partial charge in [0, 0.05) is 18.8 Å². The van der Waals surface area contributed by atoms with Gasteiger partial charge in [-0.3, -0.25) is 9.48 Å². The number of aryl methyl sites for hydroxylation is 2. The average Bonchev–Trinajstić information content (AvgIpc) is 3.03. The lowest BCUT2D eigenvalue weighted by Crippen LogP contribution is -2.00. The van der Waals surface area contributed by atoms with Gasteiger partial charge in [0.2, 0.25) is 5.78 Å². The molecule has 0 unspecified atom stereocenters. The van der Waals surface area contributed by atoms with Crippen LogP contribution in [0.4, 0.5) is 0 Å². The summed E-state index contributed by atoms with van der Waals surface area (Å²) in [5, 5.41) is 4.42. The average molecular weight is 397 g/mol. The van der Waals surface area contributed by atoms with Crippen LogP contribution in [0.25, 0.3) is 6.08 Å². The summed E-state index contributed by atoms with van der Waals surface area (Å²) in [5.41, 5.74) is 3.04. The number of hydrogen-bond donors (Lipinski definition) is 0. The van der Waals surface area contributed by atoms with Crippen molar-refractivity contribution < 1.29 is 14.3 Å². The maximum absolute atomic E-state index is 12.3. The topological polar surface area (TPSA) is 53.3 Å². The molecule has 0 saturated heterocycles. The Morgan fingerprint density at radius 1 is 1.21 bits per heavy atom. The van der Waals surface area contributed by atoms with E-state index in [0.717, 1.165) is 28.2 Å². The van der Waals surface area contributed by atoms with E-state index < -0.39 is 0 Å². The Morgan fingerprint density at radius 2 is 2.00 bits per heavy atom. The van der Waals surface area contributed by atoms with Crippen molar-refractivity contribution >= 4 is 23.5 Å². The van der Waals surface area contributed by atoms with Crippen LogP contribution in [-0.2, 0) is 13.7 Å². The molecule has 0 aliphatic rings. The van der Waals surface area contributed by atoms with E-state index in [1.54, 1.807) is 26.4 Å². The van der Waals surface area contributed by atoms with Crippen LogP contribution in [-0.4, -0.2) is 22.7 Å². The highest BCUT2D eigenvalue weighted by atomic mass is 35.5. The van der Waals surface area contributed by atoms with Crippen LogP contribution in [0.2, 0.25) is 5.02 Å². The lowest BCUT2D eigenvalue weighted by Gasteiger charge is -2.12. The monoisotopic (exact) mass is 396 g/mol. The van der Waals surface area contributed by atoms with Crippen molar-refractivity contribution in [1.82, 2.24) is 9.78 Å². The van der Waals surface area contributed by atoms with Crippen LogP contribution in [0.5, 0.6) is 11.5 Å². The molecule has 144 valence electrons. The van der Waals surface area contributed by atoms with E-state index in [1.807, 2.05) is 49.4 Å². The summed E-state index contributed by atoms with van der Waals surface area (Å²) in [4.78, 5) is 12.3. The van der Waals surface area contributed by atoms with Gasteiger partial charge in [-0.25, -0.2) is 0 Å². The van der Waals surface area contributed by atoms with Crippen molar-refractivity contribution in [2.75, 3.05) is 7.11 Å². The number of hydrogen-bond acceptors (Lipinski definition) is 4. The molecule has 2 aromatic carbocycles. The third-order valence-electron chi connectivity index (χ3n) is 4.23. The van der Waals surface area contributed by atoms with Gasteiger partial charge >= 0.3 is 0 Å². The Morgan fingerprint density at radius 3 is 2.68 bits per heavy atom. The molecule has 0 aliphatic heterocycles. The second-order valence-electron chi connectivity index (χ2n) is 6.32. The van der Waals surface area contributed by atoms with E-state index in [1.165, 1.54) is 10.8 Å². The molecule has 0 bridgehead atoms. The minimum absolute atomic E-state index is 0.233. The first-order valence-corrected chi connectivity index (χ1v) is 9.12. The molecule has 3 rings (SSSR count). The number of carbonyl (C=O) groups is 1. The van der Waals surface area contributed by atoms with E-state index in [9.17, 15) is 4.79 Å². The normalized spacial score (nSPS) is 11.0. The Labute approximate surface area is 169 Å². The van der Waals surface area contributed by atoms with Crippen LogP contribution < -0.4 is 9.47 Å². The quantitative estimate of drug-likeness (QED) is 0.422. The maximum atomic E-state index is 12.3. The molecule has 0 N–H and O–H groups in total. The number of methoxy groups -OCH3 is 1. The molecule has 3 aromatic rings. The lowest BCUT2D eigenvalue weighted by molar-refractivity contribution is 0.104. The molecule has 0 radical (unpaired) electrons. The summed E-state index contributed by atoms with van der Waals surface area (Å²) < 4.78 is 12.9. The molecule has 1 aromatic heterocycles. The summed E-state index contributed by atoms with van der Waals surface area (Å²) in [5.74, 6) is 1.30. The van der Waals surface area contributed by atoms with Crippen molar-refractivity contribution in [3.05, 3.63) is 82.1 Å². The highest BCUT2D eigenvalue weighted by Crippen LogP contribution is 2.24. The highest BCUT2D eigenvalue weighted by molar-refractivity contribution is 6.34. The predicted molar refractivity (Wildman–Crippen MR) is 110 cm³/mol. The number of ketones is 1. The smallest absolute Gasteiger partial charge is 0.207 e. The summed E-state index contributed by atoms with van der Waals surface area (Å²) in [6.45, 7) is 2.36. The van der Waals surface area contributed by atoms with E-state index in [0.29, 0.717) is 11.6 Å². The molecule has 6 heteroatoms. The van der Waals surface area contributed by atoms with E-state index in [-0.39, 0.29) is 11.5 Å². The van der Waals surface area contributed by atoms with E-state index in [2.05, 4.69) is 5.10 Å². The van der Waals surface area contributed by atoms with E-state index >= 15 is 0 Å². The first-order valence-electron chi connectivity index (χ1n) is 8.75. The SMILES string of the molecule is COc1ccc(/C=C/C(=O)c2nn(C)cc2Cl)cc1COc1ccccc1C. The molecule has 0 amide bonds. The predicted octanol–water partition coefficient (Wildman–Crippen LogP) is 4.87. The van der Waals surface area contributed by atoms with Crippen LogP contribution in [0.3, 0.4) is 0 Å². The van der Waals surface area contributed by atoms with Crippen molar-refractivity contribution in [3.63, 3.8) is 0 Å². The van der Waals surface area contributed by atoms with Gasteiger partial charge in [-0.05, 0) is 42.3 Å². The summed E-state index contributed by atoms with van der Waals surface area (Å²) in [6, 6.07) is 13.5. The molecular weight excluding hydrogens is 376 g/mol. The van der Waals surface area contributed by atoms with Crippen LogP contribution >= 0.6 is 11.6 Å². The summed E-state index contributed by atoms with van der Waals surface area (Å²) >= 11 is 6.03. The zero-order valence-electron chi connectivity index (χ0n) is 16.0. The Balaban J connectivity index is 1.77. The zero-order valence-corrected chi connectivity index (χ0v) is 16.7. The van der Waals surface area contributed by atoms with Crippen molar-refractivity contribution in [3.8, 4) is 11.5 Å². The number of aromatic nitrogens is 2. The Hall–Kier alpha value is -3.05. The third kappa shape index (κ3) is 4.61. The van der Waals surface area contributed by atoms with Crippen LogP contribution in [0.1, 0.15) is 27.2 Å². The molecule has 0 aliphatic carbocycles. The maximum Gasteiger partial charge on any atom is 0.207 e. The first-order chi connectivity index (χ1) is 13.5. The number of benzene rings is 2. The number of halogens is 1. The first kappa shape index (κ1) is 19.7. The van der Waals surface area contributed by atoms with Crippen molar-refractivity contribution in [1.29, 1.82) is 0 Å². The third-order valence-corrected chi connectivity index (χ3v) is 4.50. The molecule has 0 saturated carbocycles. The molecular formula is C22H21ClN2O3. The van der Waals surface area contributed by atoms with Gasteiger partial charge in [0.05, 0.1) is 12.1 Å². The fraction of sp³-hybridized carbons (Fsp3) is 0.182. The second-order valence-corrected chi connectivity index (χ2v) is 6.73. The van der Waals surface area contributed by atoms with Gasteiger partial charge in [0.25, 0.3) is 0 Å². The summed E-state index contributed by atoms with van der Waals surface area (Å²) in [6.07, 6.45) is 4.78. The Bertz CT molecular complexity index is 1020. The minimum atomic E-state index is -0.251. The van der Waals surface area contributed by atoms with E-state index in [4.69, 9.17) is 21.1 Å². The van der Waals surface area contributed by atoms with Gasteiger partial charge in [-0.2, -0.15) is 5.10 Å². The molecule has 5 nitrogen and oxygen atoms in total. The minimum Gasteiger partial charge on any atom is -0.496 e. The van der Waals surface area contributed by atoms with Gasteiger partial charge in [-0.15, -0.1) is 0 Å². The van der Waals surface area contributed by atoms with Gasteiger partial charge in [0.1, 0.15) is 18.1 Å². The summed E-state index contributed by atoms with van der Waals surface area (Å²) in [7, 11) is 3.34. The number of carbonyl (C=O) groups excluding carboxylic acids is 1. The number of para-hydroxylation sites is 1. The Kier molecular flexibility index (Phi) is 6.16. The number of nitrogens with zero attached hydrogens (tertiary/aromatic N) is 2. The van der Waals surface area contributed by atoms with Gasteiger partial charge in [-0.1, -0.05) is 41.9 Å². The zero-order chi connectivity index (χ0) is 20.1. The van der Waals surface area contributed by atoms with Crippen LogP contribution in [0, 0.1) is 6.92 Å². The number of ether oxygens (including phenoxy) is 2. The van der Waals surface area contributed by atoms with Crippen molar-refractivity contribution in [2.45, 2.75) is 13.5 Å². The second kappa shape index (κ2) is 8.76. The van der Waals surface area contributed by atoms with Crippen LogP contribution in [0.15, 0.2) is 54.7 Å². The molecule has 1 heterocycles. The number of allylic oxidation sites excluding steroid dienone is 1. The standard InChI is InChI=1S/C22H21ClN2O3/c1-15-6-4-5-7-20(15)28-14-17-12-16(9-11-21(17)27-3)8-10-19(26)22-18(23)13-25(2)24-22/h4-13H,14H2,1-3H3/b10-8+. The molecule has 0 atom stereocenters. The van der Waals surface area contributed by atoms with Gasteiger partial charge < -0.3 is 9.47 Å². The molecule has 28 heavy (non-hydrogen) atoms. The lowest BCUT2D eigenvalue weighted by atomic mass is 10.1. The molecule has 0 fully saturated rings. The van der Waals surface area contributed by atoms with Gasteiger partial charge in [0.15, 0.2) is 5.69 Å². The molecule has 0 spiro atoms.